The average molecular weight is 378 g/mol. The molecule has 0 amide bonds. The molecule has 3 aromatic rings. The van der Waals surface area contributed by atoms with Gasteiger partial charge in [0.2, 0.25) is 0 Å². The molecule has 0 bridgehead atoms. The van der Waals surface area contributed by atoms with Gasteiger partial charge in [-0.1, -0.05) is 43.5 Å². The third-order valence-corrected chi connectivity index (χ3v) is 6.39. The molecule has 1 unspecified atom stereocenters. The third kappa shape index (κ3) is 4.22. The zero-order valence-electron chi connectivity index (χ0n) is 14.3. The van der Waals surface area contributed by atoms with Crippen LogP contribution >= 0.6 is 23.3 Å². The minimum Gasteiger partial charge on any atom is -0.256 e. The Morgan fingerprint density at radius 2 is 1.84 bits per heavy atom. The van der Waals surface area contributed by atoms with Crippen LogP contribution in [0.3, 0.4) is 0 Å². The summed E-state index contributed by atoms with van der Waals surface area (Å²) >= 11 is 3.39. The second-order valence-corrected chi connectivity index (χ2v) is 8.05. The largest absolute Gasteiger partial charge is 0.256 e. The first-order valence-corrected chi connectivity index (χ1v) is 10.3. The second kappa shape index (κ2) is 8.30. The lowest BCUT2D eigenvalue weighted by Gasteiger charge is -2.14. The lowest BCUT2D eigenvalue weighted by atomic mass is 9.99. The topological polar surface area (TPSA) is 12.0 Å². The van der Waals surface area contributed by atoms with Crippen molar-refractivity contribution in [2.45, 2.75) is 32.7 Å². The normalized spacial score (nSPS) is 12.6. The van der Waals surface area contributed by atoms with Crippen molar-refractivity contribution in [1.82, 2.24) is 4.72 Å². The standard InChI is InChI=1S/C20H21F2NS2/c1-3-4-9-24-23-13(2)20-19(14-10-15(21)12-16(22)11-14)17-7-5-6-8-18(17)25-20/h5-8,10-13,23H,3-4,9H2,1-2H3. The molecule has 1 aromatic heterocycles. The molecule has 25 heavy (non-hydrogen) atoms. The van der Waals surface area contributed by atoms with Crippen molar-refractivity contribution in [2.24, 2.45) is 0 Å². The lowest BCUT2D eigenvalue weighted by molar-refractivity contribution is 0.584. The van der Waals surface area contributed by atoms with Gasteiger partial charge in [0.1, 0.15) is 11.6 Å². The summed E-state index contributed by atoms with van der Waals surface area (Å²) in [6.45, 7) is 4.27. The van der Waals surface area contributed by atoms with Crippen LogP contribution in [0.1, 0.15) is 37.6 Å². The highest BCUT2D eigenvalue weighted by Crippen LogP contribution is 2.42. The summed E-state index contributed by atoms with van der Waals surface area (Å²) < 4.78 is 32.2. The first-order valence-electron chi connectivity index (χ1n) is 8.45. The highest BCUT2D eigenvalue weighted by molar-refractivity contribution is 7.97. The quantitative estimate of drug-likeness (QED) is 0.353. The number of thiophene rings is 1. The van der Waals surface area contributed by atoms with Gasteiger partial charge in [-0.15, -0.1) is 11.3 Å². The van der Waals surface area contributed by atoms with Gasteiger partial charge in [-0.05, 0) is 37.1 Å². The third-order valence-electron chi connectivity index (χ3n) is 4.03. The molecule has 0 aliphatic heterocycles. The summed E-state index contributed by atoms with van der Waals surface area (Å²) in [5.41, 5.74) is 1.52. The fourth-order valence-corrected chi connectivity index (χ4v) is 5.04. The fourth-order valence-electron chi connectivity index (χ4n) is 2.82. The van der Waals surface area contributed by atoms with E-state index in [1.54, 1.807) is 23.3 Å². The van der Waals surface area contributed by atoms with E-state index in [1.807, 2.05) is 18.2 Å². The van der Waals surface area contributed by atoms with E-state index in [9.17, 15) is 8.78 Å². The van der Waals surface area contributed by atoms with Gasteiger partial charge in [-0.25, -0.2) is 8.78 Å². The van der Waals surface area contributed by atoms with Crippen LogP contribution in [0.4, 0.5) is 8.78 Å². The predicted molar refractivity (Wildman–Crippen MR) is 106 cm³/mol. The van der Waals surface area contributed by atoms with E-state index in [-0.39, 0.29) is 6.04 Å². The van der Waals surface area contributed by atoms with Gasteiger partial charge >= 0.3 is 0 Å². The van der Waals surface area contributed by atoms with Gasteiger partial charge in [0.05, 0.1) is 0 Å². The molecule has 0 aliphatic rings. The SMILES string of the molecule is CCCCSNC(C)c1sc2ccccc2c1-c1cc(F)cc(F)c1. The van der Waals surface area contributed by atoms with E-state index in [1.165, 1.54) is 25.0 Å². The van der Waals surface area contributed by atoms with Crippen molar-refractivity contribution < 1.29 is 8.78 Å². The fraction of sp³-hybridized carbons (Fsp3) is 0.300. The van der Waals surface area contributed by atoms with Crippen molar-refractivity contribution >= 4 is 33.4 Å². The molecule has 1 N–H and O–H groups in total. The van der Waals surface area contributed by atoms with E-state index in [4.69, 9.17) is 0 Å². The maximum Gasteiger partial charge on any atom is 0.126 e. The van der Waals surface area contributed by atoms with Crippen LogP contribution in [0, 0.1) is 11.6 Å². The number of unbranched alkanes of at least 4 members (excludes halogenated alkanes) is 1. The summed E-state index contributed by atoms with van der Waals surface area (Å²) in [6, 6.07) is 11.9. The van der Waals surface area contributed by atoms with Gasteiger partial charge in [-0.2, -0.15) is 0 Å². The van der Waals surface area contributed by atoms with Crippen LogP contribution in [0.15, 0.2) is 42.5 Å². The van der Waals surface area contributed by atoms with Crippen molar-refractivity contribution in [2.75, 3.05) is 5.75 Å². The highest BCUT2D eigenvalue weighted by Gasteiger charge is 2.19. The predicted octanol–water partition coefficient (Wildman–Crippen LogP) is 6.95. The van der Waals surface area contributed by atoms with Crippen molar-refractivity contribution in [3.63, 3.8) is 0 Å². The molecule has 1 atom stereocenters. The van der Waals surface area contributed by atoms with Crippen molar-refractivity contribution in [3.05, 3.63) is 59.0 Å². The molecule has 1 heterocycles. The Morgan fingerprint density at radius 1 is 1.12 bits per heavy atom. The molecule has 132 valence electrons. The monoisotopic (exact) mass is 377 g/mol. The van der Waals surface area contributed by atoms with Gasteiger partial charge in [0.25, 0.3) is 0 Å². The van der Waals surface area contributed by atoms with Gasteiger partial charge in [0, 0.05) is 38.4 Å². The zero-order valence-corrected chi connectivity index (χ0v) is 15.9. The summed E-state index contributed by atoms with van der Waals surface area (Å²) in [5.74, 6) is -0.0429. The molecular weight excluding hydrogens is 356 g/mol. The van der Waals surface area contributed by atoms with Crippen LogP contribution in [-0.2, 0) is 0 Å². The Labute approximate surface area is 155 Å². The van der Waals surface area contributed by atoms with E-state index >= 15 is 0 Å². The average Bonchev–Trinajstić information content (AvgIpc) is 2.97. The molecule has 5 heteroatoms. The van der Waals surface area contributed by atoms with Crippen molar-refractivity contribution in [1.29, 1.82) is 0 Å². The molecule has 3 rings (SSSR count). The summed E-state index contributed by atoms with van der Waals surface area (Å²) in [4.78, 5) is 1.11. The molecule has 2 aromatic carbocycles. The van der Waals surface area contributed by atoms with Crippen LogP contribution in [0.2, 0.25) is 0 Å². The minimum absolute atomic E-state index is 0.0978. The number of rotatable bonds is 7. The number of hydrogen-bond donors (Lipinski definition) is 1. The number of nitrogens with one attached hydrogen (secondary N) is 1. The first kappa shape index (κ1) is 18.4. The van der Waals surface area contributed by atoms with Gasteiger partial charge < -0.3 is 0 Å². The smallest absolute Gasteiger partial charge is 0.126 e. The van der Waals surface area contributed by atoms with E-state index < -0.39 is 11.6 Å². The Hall–Kier alpha value is -1.43. The van der Waals surface area contributed by atoms with Crippen molar-refractivity contribution in [3.8, 4) is 11.1 Å². The maximum absolute atomic E-state index is 13.8. The van der Waals surface area contributed by atoms with Gasteiger partial charge in [0.15, 0.2) is 0 Å². The molecular formula is C20H21F2NS2. The number of halogens is 2. The molecule has 0 saturated carbocycles. The molecule has 0 aliphatic carbocycles. The van der Waals surface area contributed by atoms with Crippen LogP contribution < -0.4 is 4.72 Å². The summed E-state index contributed by atoms with van der Waals surface area (Å²) in [6.07, 6.45) is 2.33. The maximum atomic E-state index is 13.8. The van der Waals surface area contributed by atoms with Crippen LogP contribution in [0.5, 0.6) is 0 Å². The van der Waals surface area contributed by atoms with E-state index in [2.05, 4.69) is 24.6 Å². The minimum atomic E-state index is -0.547. The lowest BCUT2D eigenvalue weighted by Crippen LogP contribution is -2.10. The molecule has 0 spiro atoms. The Kier molecular flexibility index (Phi) is 6.10. The Morgan fingerprint density at radius 3 is 2.56 bits per heavy atom. The molecule has 0 radical (unpaired) electrons. The Bertz CT molecular complexity index is 840. The number of hydrogen-bond acceptors (Lipinski definition) is 3. The van der Waals surface area contributed by atoms with Crippen LogP contribution in [0.25, 0.3) is 21.2 Å². The zero-order chi connectivity index (χ0) is 17.8. The summed E-state index contributed by atoms with van der Waals surface area (Å²) in [5, 5.41) is 1.04. The second-order valence-electron chi connectivity index (χ2n) is 6.04. The highest BCUT2D eigenvalue weighted by atomic mass is 32.2. The van der Waals surface area contributed by atoms with E-state index in [0.717, 1.165) is 32.3 Å². The first-order chi connectivity index (χ1) is 12.1. The van der Waals surface area contributed by atoms with E-state index in [0.29, 0.717) is 5.56 Å². The summed E-state index contributed by atoms with van der Waals surface area (Å²) in [7, 11) is 0. The molecule has 0 fully saturated rings. The molecule has 1 nitrogen and oxygen atoms in total. The number of benzene rings is 2. The Balaban J connectivity index is 2.03. The molecule has 0 saturated heterocycles. The van der Waals surface area contributed by atoms with Gasteiger partial charge in [-0.3, -0.25) is 4.72 Å². The van der Waals surface area contributed by atoms with Crippen LogP contribution in [-0.4, -0.2) is 5.75 Å². The number of fused-ring (bicyclic) bond motifs is 1.